The number of hydrogen-bond acceptors (Lipinski definition) is 1. The molecule has 0 spiro atoms. The summed E-state index contributed by atoms with van der Waals surface area (Å²) in [6.45, 7) is 6.19. The minimum atomic E-state index is -0.594. The Morgan fingerprint density at radius 2 is 2.14 bits per heavy atom. The summed E-state index contributed by atoms with van der Waals surface area (Å²) in [5, 5.41) is 9.31. The third-order valence-electron chi connectivity index (χ3n) is 3.90. The summed E-state index contributed by atoms with van der Waals surface area (Å²) in [4.78, 5) is 11.3. The fraction of sp³-hybridized carbons (Fsp3) is 0.917. The fourth-order valence-electron chi connectivity index (χ4n) is 2.28. The summed E-state index contributed by atoms with van der Waals surface area (Å²) in [5.41, 5.74) is -0.463. The molecule has 82 valence electrons. The van der Waals surface area contributed by atoms with E-state index in [1.165, 1.54) is 0 Å². The average Bonchev–Trinajstić information content (AvgIpc) is 2.95. The molecule has 0 aromatic rings. The molecule has 1 aliphatic carbocycles. The summed E-state index contributed by atoms with van der Waals surface area (Å²) < 4.78 is 0. The third-order valence-corrected chi connectivity index (χ3v) is 3.90. The number of hydrogen-bond donors (Lipinski definition) is 1. The first-order valence-electron chi connectivity index (χ1n) is 5.76. The Morgan fingerprint density at radius 3 is 2.50 bits per heavy atom. The zero-order chi connectivity index (χ0) is 10.8. The van der Waals surface area contributed by atoms with Crippen LogP contribution in [-0.2, 0) is 4.79 Å². The van der Waals surface area contributed by atoms with Gasteiger partial charge < -0.3 is 5.11 Å². The lowest BCUT2D eigenvalue weighted by Gasteiger charge is -2.31. The average molecular weight is 198 g/mol. The van der Waals surface area contributed by atoms with Gasteiger partial charge >= 0.3 is 5.97 Å². The van der Waals surface area contributed by atoms with E-state index >= 15 is 0 Å². The van der Waals surface area contributed by atoms with E-state index in [4.69, 9.17) is 0 Å². The number of carboxylic acids is 1. The van der Waals surface area contributed by atoms with E-state index < -0.39 is 11.4 Å². The van der Waals surface area contributed by atoms with Crippen LogP contribution >= 0.6 is 0 Å². The predicted molar refractivity (Wildman–Crippen MR) is 57.2 cm³/mol. The second-order valence-electron chi connectivity index (χ2n) is 4.91. The Hall–Kier alpha value is -0.530. The van der Waals surface area contributed by atoms with Crippen molar-refractivity contribution in [2.75, 3.05) is 0 Å². The summed E-state index contributed by atoms with van der Waals surface area (Å²) in [7, 11) is 0. The molecule has 0 saturated heterocycles. The van der Waals surface area contributed by atoms with Crippen LogP contribution in [0.2, 0.25) is 0 Å². The van der Waals surface area contributed by atoms with Crippen molar-refractivity contribution in [1.29, 1.82) is 0 Å². The molecule has 2 atom stereocenters. The van der Waals surface area contributed by atoms with Crippen LogP contribution < -0.4 is 0 Å². The predicted octanol–water partition coefficient (Wildman–Crippen LogP) is 3.31. The van der Waals surface area contributed by atoms with Crippen molar-refractivity contribution in [2.24, 2.45) is 17.3 Å². The van der Waals surface area contributed by atoms with Gasteiger partial charge in [-0.05, 0) is 38.0 Å². The zero-order valence-corrected chi connectivity index (χ0v) is 9.55. The van der Waals surface area contributed by atoms with Crippen LogP contribution in [0.1, 0.15) is 52.9 Å². The number of carboxylic acid groups (broad SMARTS) is 1. The molecule has 1 fully saturated rings. The van der Waals surface area contributed by atoms with Crippen LogP contribution in [0.25, 0.3) is 0 Å². The summed E-state index contributed by atoms with van der Waals surface area (Å²) >= 11 is 0. The molecular formula is C12H22O2. The topological polar surface area (TPSA) is 37.3 Å². The molecule has 0 amide bonds. The SMILES string of the molecule is CCCCC(C)C(C)(C(=O)O)C1CC1. The second-order valence-corrected chi connectivity index (χ2v) is 4.91. The summed E-state index contributed by atoms with van der Waals surface area (Å²) in [6.07, 6.45) is 5.58. The van der Waals surface area contributed by atoms with E-state index in [1.807, 2.05) is 6.92 Å². The first kappa shape index (κ1) is 11.5. The minimum Gasteiger partial charge on any atom is -0.481 e. The Morgan fingerprint density at radius 1 is 1.57 bits per heavy atom. The maximum atomic E-state index is 11.3. The van der Waals surface area contributed by atoms with E-state index in [2.05, 4.69) is 13.8 Å². The molecule has 1 aliphatic rings. The van der Waals surface area contributed by atoms with E-state index in [9.17, 15) is 9.90 Å². The third kappa shape index (κ3) is 2.10. The Balaban J connectivity index is 2.61. The highest BCUT2D eigenvalue weighted by Crippen LogP contribution is 2.51. The minimum absolute atomic E-state index is 0.312. The number of rotatable bonds is 6. The maximum absolute atomic E-state index is 11.3. The van der Waals surface area contributed by atoms with E-state index in [1.54, 1.807) is 0 Å². The first-order valence-corrected chi connectivity index (χ1v) is 5.76. The number of carbonyl (C=O) groups is 1. The Bertz CT molecular complexity index is 208. The number of unbranched alkanes of at least 4 members (excludes halogenated alkanes) is 1. The smallest absolute Gasteiger partial charge is 0.309 e. The molecule has 2 heteroatoms. The van der Waals surface area contributed by atoms with Gasteiger partial charge in [0.05, 0.1) is 5.41 Å². The van der Waals surface area contributed by atoms with Crippen LogP contribution in [0.4, 0.5) is 0 Å². The van der Waals surface area contributed by atoms with Crippen LogP contribution in [0, 0.1) is 17.3 Å². The van der Waals surface area contributed by atoms with Gasteiger partial charge in [-0.1, -0.05) is 26.7 Å². The first-order chi connectivity index (χ1) is 6.53. The molecule has 1 N–H and O–H groups in total. The lowest BCUT2D eigenvalue weighted by molar-refractivity contribution is -0.152. The van der Waals surface area contributed by atoms with Crippen molar-refractivity contribution in [3.05, 3.63) is 0 Å². The monoisotopic (exact) mass is 198 g/mol. The van der Waals surface area contributed by atoms with Gasteiger partial charge in [0.2, 0.25) is 0 Å². The van der Waals surface area contributed by atoms with E-state index in [0.717, 1.165) is 32.1 Å². The summed E-state index contributed by atoms with van der Waals surface area (Å²) in [5.74, 6) is 0.155. The lowest BCUT2D eigenvalue weighted by atomic mass is 9.72. The van der Waals surface area contributed by atoms with Crippen molar-refractivity contribution < 1.29 is 9.90 Å². The molecule has 2 unspecified atom stereocenters. The molecule has 0 bridgehead atoms. The molecule has 14 heavy (non-hydrogen) atoms. The standard InChI is InChI=1S/C12H22O2/c1-4-5-6-9(2)12(3,11(13)14)10-7-8-10/h9-10H,4-8H2,1-3H3,(H,13,14). The molecule has 0 aromatic carbocycles. The van der Waals surface area contributed by atoms with Crippen LogP contribution in [-0.4, -0.2) is 11.1 Å². The molecule has 0 radical (unpaired) electrons. The molecule has 1 saturated carbocycles. The van der Waals surface area contributed by atoms with E-state index in [0.29, 0.717) is 11.8 Å². The van der Waals surface area contributed by atoms with Gasteiger partial charge in [-0.3, -0.25) is 4.79 Å². The van der Waals surface area contributed by atoms with Crippen molar-refractivity contribution in [3.63, 3.8) is 0 Å². The van der Waals surface area contributed by atoms with Gasteiger partial charge in [0.15, 0.2) is 0 Å². The molecule has 0 heterocycles. The van der Waals surface area contributed by atoms with Crippen LogP contribution in [0.5, 0.6) is 0 Å². The fourth-order valence-corrected chi connectivity index (χ4v) is 2.28. The van der Waals surface area contributed by atoms with Crippen molar-refractivity contribution in [3.8, 4) is 0 Å². The van der Waals surface area contributed by atoms with E-state index in [-0.39, 0.29) is 0 Å². The number of aliphatic carboxylic acids is 1. The second kappa shape index (κ2) is 4.33. The molecular weight excluding hydrogens is 176 g/mol. The van der Waals surface area contributed by atoms with Crippen molar-refractivity contribution >= 4 is 5.97 Å². The van der Waals surface area contributed by atoms with Crippen molar-refractivity contribution in [1.82, 2.24) is 0 Å². The van der Waals surface area contributed by atoms with Crippen LogP contribution in [0.3, 0.4) is 0 Å². The Labute approximate surface area is 86.7 Å². The highest BCUT2D eigenvalue weighted by Gasteiger charge is 2.50. The molecule has 2 nitrogen and oxygen atoms in total. The molecule has 0 aromatic heterocycles. The van der Waals surface area contributed by atoms with Crippen LogP contribution in [0.15, 0.2) is 0 Å². The maximum Gasteiger partial charge on any atom is 0.309 e. The normalized spacial score (nSPS) is 22.8. The van der Waals surface area contributed by atoms with Gasteiger partial charge in [0.25, 0.3) is 0 Å². The van der Waals surface area contributed by atoms with Gasteiger partial charge in [-0.2, -0.15) is 0 Å². The van der Waals surface area contributed by atoms with Gasteiger partial charge in [0, 0.05) is 0 Å². The largest absolute Gasteiger partial charge is 0.481 e. The Kier molecular flexibility index (Phi) is 3.57. The lowest BCUT2D eigenvalue weighted by Crippen LogP contribution is -2.36. The highest BCUT2D eigenvalue weighted by atomic mass is 16.4. The molecule has 0 aliphatic heterocycles. The summed E-state index contributed by atoms with van der Waals surface area (Å²) in [6, 6.07) is 0. The van der Waals surface area contributed by atoms with Crippen molar-refractivity contribution in [2.45, 2.75) is 52.9 Å². The highest BCUT2D eigenvalue weighted by molar-refractivity contribution is 5.75. The zero-order valence-electron chi connectivity index (χ0n) is 9.55. The molecule has 1 rings (SSSR count). The van der Waals surface area contributed by atoms with Gasteiger partial charge in [0.1, 0.15) is 0 Å². The quantitative estimate of drug-likeness (QED) is 0.711. The van der Waals surface area contributed by atoms with Gasteiger partial charge in [-0.15, -0.1) is 0 Å². The van der Waals surface area contributed by atoms with Gasteiger partial charge in [-0.25, -0.2) is 0 Å².